The summed E-state index contributed by atoms with van der Waals surface area (Å²) >= 11 is 0. The van der Waals surface area contributed by atoms with E-state index in [1.807, 2.05) is 0 Å². The lowest BCUT2D eigenvalue weighted by Gasteiger charge is -2.08. The zero-order valence-corrected chi connectivity index (χ0v) is 18.9. The summed E-state index contributed by atoms with van der Waals surface area (Å²) in [7, 11) is 0. The Morgan fingerprint density at radius 2 is 1.24 bits per heavy atom. The van der Waals surface area contributed by atoms with Crippen LogP contribution in [0, 0.1) is 17.5 Å². The third-order valence-corrected chi connectivity index (χ3v) is 5.64. The van der Waals surface area contributed by atoms with Crippen molar-refractivity contribution in [2.45, 2.75) is 58.3 Å². The zero-order valence-electron chi connectivity index (χ0n) is 18.9. The fourth-order valence-corrected chi connectivity index (χ4v) is 3.71. The number of ether oxygens (including phenoxy) is 1. The summed E-state index contributed by atoms with van der Waals surface area (Å²) in [6.07, 6.45) is 10.1. The van der Waals surface area contributed by atoms with Crippen LogP contribution in [0.25, 0.3) is 11.1 Å². The van der Waals surface area contributed by atoms with E-state index in [9.17, 15) is 18.0 Å². The molecule has 0 unspecified atom stereocenters. The number of halogens is 3. The van der Waals surface area contributed by atoms with Crippen LogP contribution >= 0.6 is 0 Å². The van der Waals surface area contributed by atoms with Gasteiger partial charge in [-0.25, -0.2) is 18.0 Å². The van der Waals surface area contributed by atoms with Gasteiger partial charge in [0.25, 0.3) is 0 Å². The number of hydrogen-bond donors (Lipinski definition) is 0. The average Bonchev–Trinajstić information content (AvgIpc) is 2.82. The second-order valence-electron chi connectivity index (χ2n) is 8.24. The van der Waals surface area contributed by atoms with Gasteiger partial charge in [0.1, 0.15) is 5.75 Å². The normalized spacial score (nSPS) is 10.9. The minimum Gasteiger partial charge on any atom is -0.423 e. The Labute approximate surface area is 193 Å². The number of rotatable bonds is 11. The van der Waals surface area contributed by atoms with Gasteiger partial charge in [-0.1, -0.05) is 81.8 Å². The van der Waals surface area contributed by atoms with Crippen LogP contribution < -0.4 is 4.74 Å². The summed E-state index contributed by atoms with van der Waals surface area (Å²) in [4.78, 5) is 12.3. The predicted molar refractivity (Wildman–Crippen MR) is 125 cm³/mol. The molecule has 0 fully saturated rings. The van der Waals surface area contributed by atoms with Crippen molar-refractivity contribution in [2.24, 2.45) is 0 Å². The molecule has 0 N–H and O–H groups in total. The summed E-state index contributed by atoms with van der Waals surface area (Å²) in [5, 5.41) is 0. The molecule has 0 bridgehead atoms. The van der Waals surface area contributed by atoms with Gasteiger partial charge < -0.3 is 4.74 Å². The third kappa shape index (κ3) is 7.21. The molecule has 0 aliphatic rings. The molecule has 33 heavy (non-hydrogen) atoms. The molecule has 0 aliphatic heterocycles. The first-order chi connectivity index (χ1) is 16.0. The van der Waals surface area contributed by atoms with Crippen molar-refractivity contribution in [2.75, 3.05) is 0 Å². The Bertz CT molecular complexity index is 1020. The van der Waals surface area contributed by atoms with Gasteiger partial charge in [0.05, 0.1) is 5.56 Å². The summed E-state index contributed by atoms with van der Waals surface area (Å²) in [5.41, 5.74) is 3.50. The van der Waals surface area contributed by atoms with Crippen molar-refractivity contribution < 1.29 is 22.7 Å². The largest absolute Gasteiger partial charge is 0.423 e. The standard InChI is InChI=1S/C28H29F3O2/c1-2-3-4-5-6-7-8-9-20-10-12-21(13-11-20)22-14-16-23(17-15-22)28(32)33-24-18-25(29)27(31)26(30)19-24/h10-19H,2-9H2,1H3. The highest BCUT2D eigenvalue weighted by molar-refractivity contribution is 5.91. The second-order valence-corrected chi connectivity index (χ2v) is 8.24. The Balaban J connectivity index is 1.52. The highest BCUT2D eigenvalue weighted by atomic mass is 19.2. The van der Waals surface area contributed by atoms with E-state index in [2.05, 4.69) is 31.2 Å². The maximum atomic E-state index is 13.3. The van der Waals surface area contributed by atoms with Gasteiger partial charge in [-0.05, 0) is 41.7 Å². The number of aryl methyl sites for hydroxylation is 1. The molecule has 5 heteroatoms. The first-order valence-corrected chi connectivity index (χ1v) is 11.5. The highest BCUT2D eigenvalue weighted by Crippen LogP contribution is 2.23. The number of esters is 1. The topological polar surface area (TPSA) is 26.3 Å². The van der Waals surface area contributed by atoms with E-state index < -0.39 is 29.2 Å². The molecule has 0 aliphatic carbocycles. The van der Waals surface area contributed by atoms with Crippen molar-refractivity contribution in [1.82, 2.24) is 0 Å². The molecule has 3 rings (SSSR count). The Morgan fingerprint density at radius 3 is 1.82 bits per heavy atom. The van der Waals surface area contributed by atoms with Crippen molar-refractivity contribution >= 4 is 5.97 Å². The van der Waals surface area contributed by atoms with Crippen molar-refractivity contribution in [3.05, 3.63) is 89.2 Å². The number of carbonyl (C=O) groups is 1. The maximum Gasteiger partial charge on any atom is 0.343 e. The van der Waals surface area contributed by atoms with E-state index in [0.717, 1.165) is 17.5 Å². The quantitative estimate of drug-likeness (QED) is 0.126. The van der Waals surface area contributed by atoms with E-state index in [1.54, 1.807) is 24.3 Å². The van der Waals surface area contributed by atoms with Crippen LogP contribution in [0.5, 0.6) is 5.75 Å². The summed E-state index contributed by atoms with van der Waals surface area (Å²) in [6.45, 7) is 2.23. The fraction of sp³-hybridized carbons (Fsp3) is 0.321. The average molecular weight is 455 g/mol. The highest BCUT2D eigenvalue weighted by Gasteiger charge is 2.15. The van der Waals surface area contributed by atoms with Gasteiger partial charge >= 0.3 is 5.97 Å². The van der Waals surface area contributed by atoms with Crippen LogP contribution in [0.3, 0.4) is 0 Å². The molecule has 0 saturated carbocycles. The Kier molecular flexibility index (Phi) is 9.11. The van der Waals surface area contributed by atoms with E-state index in [-0.39, 0.29) is 5.56 Å². The fourth-order valence-electron chi connectivity index (χ4n) is 3.71. The molecule has 0 aromatic heterocycles. The smallest absolute Gasteiger partial charge is 0.343 e. The molecule has 0 radical (unpaired) electrons. The van der Waals surface area contributed by atoms with Crippen LogP contribution in [0.4, 0.5) is 13.2 Å². The number of carbonyl (C=O) groups excluding carboxylic acids is 1. The summed E-state index contributed by atoms with van der Waals surface area (Å²) < 4.78 is 44.6. The summed E-state index contributed by atoms with van der Waals surface area (Å²) in [5.74, 6) is -5.60. The molecule has 3 aromatic rings. The lowest BCUT2D eigenvalue weighted by atomic mass is 10.00. The number of benzene rings is 3. The predicted octanol–water partition coefficient (Wildman–Crippen LogP) is 8.28. The minimum atomic E-state index is -1.60. The van der Waals surface area contributed by atoms with E-state index in [4.69, 9.17) is 4.74 Å². The molecule has 0 atom stereocenters. The molecule has 174 valence electrons. The summed E-state index contributed by atoms with van der Waals surface area (Å²) in [6, 6.07) is 16.4. The van der Waals surface area contributed by atoms with E-state index in [1.165, 1.54) is 50.5 Å². The number of hydrogen-bond acceptors (Lipinski definition) is 2. The van der Waals surface area contributed by atoms with Crippen LogP contribution in [0.15, 0.2) is 60.7 Å². The van der Waals surface area contributed by atoms with Crippen LogP contribution in [-0.2, 0) is 6.42 Å². The maximum absolute atomic E-state index is 13.3. The van der Waals surface area contributed by atoms with E-state index in [0.29, 0.717) is 12.1 Å². The van der Waals surface area contributed by atoms with Crippen molar-refractivity contribution in [1.29, 1.82) is 0 Å². The molecular weight excluding hydrogens is 425 g/mol. The van der Waals surface area contributed by atoms with Gasteiger partial charge in [0.15, 0.2) is 17.5 Å². The first-order valence-electron chi connectivity index (χ1n) is 11.5. The van der Waals surface area contributed by atoms with Crippen molar-refractivity contribution in [3.8, 4) is 16.9 Å². The minimum absolute atomic E-state index is 0.222. The first kappa shape index (κ1) is 24.6. The van der Waals surface area contributed by atoms with Gasteiger partial charge in [-0.2, -0.15) is 0 Å². The molecule has 0 spiro atoms. The molecule has 3 aromatic carbocycles. The third-order valence-electron chi connectivity index (χ3n) is 5.64. The zero-order chi connectivity index (χ0) is 23.6. The van der Waals surface area contributed by atoms with E-state index >= 15 is 0 Å². The lowest BCUT2D eigenvalue weighted by Crippen LogP contribution is -2.09. The van der Waals surface area contributed by atoms with Crippen LogP contribution in [-0.4, -0.2) is 5.97 Å². The monoisotopic (exact) mass is 454 g/mol. The van der Waals surface area contributed by atoms with Gasteiger partial charge in [-0.3, -0.25) is 0 Å². The van der Waals surface area contributed by atoms with Crippen molar-refractivity contribution in [3.63, 3.8) is 0 Å². The molecule has 0 amide bonds. The molecular formula is C28H29F3O2. The SMILES string of the molecule is CCCCCCCCCc1ccc(-c2ccc(C(=O)Oc3cc(F)c(F)c(F)c3)cc2)cc1. The van der Waals surface area contributed by atoms with Crippen LogP contribution in [0.2, 0.25) is 0 Å². The Morgan fingerprint density at radius 1 is 0.727 bits per heavy atom. The Hall–Kier alpha value is -3.08. The number of unbranched alkanes of at least 4 members (excludes halogenated alkanes) is 6. The van der Waals surface area contributed by atoms with Gasteiger partial charge in [-0.15, -0.1) is 0 Å². The van der Waals surface area contributed by atoms with Gasteiger partial charge in [0.2, 0.25) is 0 Å². The van der Waals surface area contributed by atoms with Gasteiger partial charge in [0, 0.05) is 12.1 Å². The lowest BCUT2D eigenvalue weighted by molar-refractivity contribution is 0.0733. The second kappa shape index (κ2) is 12.2. The van der Waals surface area contributed by atoms with Crippen LogP contribution in [0.1, 0.15) is 67.8 Å². The molecule has 0 heterocycles. The molecule has 0 saturated heterocycles. The molecule has 2 nitrogen and oxygen atoms in total.